The highest BCUT2D eigenvalue weighted by Crippen LogP contribution is 2.58. The minimum absolute atomic E-state index is 0.118. The van der Waals surface area contributed by atoms with Crippen LogP contribution in [0.2, 0.25) is 0 Å². The molecule has 2 fully saturated rings. The van der Waals surface area contributed by atoms with Crippen LogP contribution in [-0.4, -0.2) is 29.1 Å². The summed E-state index contributed by atoms with van der Waals surface area (Å²) in [5.41, 5.74) is 2.26. The van der Waals surface area contributed by atoms with Crippen LogP contribution in [0.15, 0.2) is 16.8 Å². The number of rotatable bonds is 2. The Labute approximate surface area is 122 Å². The second kappa shape index (κ2) is 4.53. The summed E-state index contributed by atoms with van der Waals surface area (Å²) in [5.74, 6) is 0.269. The number of piperidine rings is 1. The van der Waals surface area contributed by atoms with Gasteiger partial charge in [-0.05, 0) is 50.8 Å². The molecule has 1 saturated heterocycles. The van der Waals surface area contributed by atoms with E-state index in [0.717, 1.165) is 49.1 Å². The molecule has 4 rings (SSSR count). The molecule has 2 aromatic heterocycles. The normalized spacial score (nSPS) is 23.4. The van der Waals surface area contributed by atoms with Gasteiger partial charge in [-0.15, -0.1) is 0 Å². The van der Waals surface area contributed by atoms with Gasteiger partial charge in [0, 0.05) is 5.92 Å². The summed E-state index contributed by atoms with van der Waals surface area (Å²) < 4.78 is 5.08. The van der Waals surface area contributed by atoms with Gasteiger partial charge in [0.15, 0.2) is 0 Å². The van der Waals surface area contributed by atoms with E-state index in [4.69, 9.17) is 4.52 Å². The van der Waals surface area contributed by atoms with Gasteiger partial charge in [-0.1, -0.05) is 5.16 Å². The van der Waals surface area contributed by atoms with Crippen LogP contribution in [0.3, 0.4) is 0 Å². The molecule has 6 nitrogen and oxygen atoms in total. The van der Waals surface area contributed by atoms with Crippen LogP contribution >= 0.6 is 0 Å². The number of carbonyl (C=O) groups is 1. The fraction of sp³-hybridized carbons (Fsp3) is 0.533. The Bertz CT molecular complexity index is 703. The lowest BCUT2D eigenvalue weighted by Crippen LogP contribution is -2.31. The van der Waals surface area contributed by atoms with Gasteiger partial charge in [-0.25, -0.2) is 4.98 Å². The second-order valence-corrected chi connectivity index (χ2v) is 6.20. The Morgan fingerprint density at radius 1 is 1.48 bits per heavy atom. The number of carbonyl (C=O) groups excluding carboxylic acids is 1. The third-order valence-corrected chi connectivity index (χ3v) is 4.88. The first-order chi connectivity index (χ1) is 10.2. The Morgan fingerprint density at radius 3 is 3.10 bits per heavy atom. The summed E-state index contributed by atoms with van der Waals surface area (Å²) >= 11 is 0. The summed E-state index contributed by atoms with van der Waals surface area (Å²) in [6.45, 7) is 3.92. The average molecular weight is 286 g/mol. The molecule has 0 radical (unpaired) electrons. The molecular formula is C15H18N4O2. The van der Waals surface area contributed by atoms with E-state index in [1.165, 1.54) is 0 Å². The van der Waals surface area contributed by atoms with Crippen LogP contribution in [-0.2, 0) is 4.79 Å². The molecule has 1 amide bonds. The first-order valence-electron chi connectivity index (χ1n) is 7.42. The molecule has 1 atom stereocenters. The highest BCUT2D eigenvalue weighted by Gasteiger charge is 2.57. The summed E-state index contributed by atoms with van der Waals surface area (Å²) in [4.78, 5) is 16.6. The van der Waals surface area contributed by atoms with Crippen LogP contribution < -0.4 is 10.6 Å². The standard InChI is InChI=1S/C15H18N4O2/c1-9-11-6-10(8-17-14(11)21-19-9)18-13(20)12-7-15(12)2-4-16-5-3-15/h6,8,12,16H,2-5,7H2,1H3,(H,18,20). The number of nitrogens with zero attached hydrogens (tertiary/aromatic N) is 2. The molecule has 1 spiro atoms. The van der Waals surface area contributed by atoms with Gasteiger partial charge in [0.05, 0.1) is 23.0 Å². The molecule has 1 aliphatic carbocycles. The lowest BCUT2D eigenvalue weighted by Gasteiger charge is -2.23. The van der Waals surface area contributed by atoms with Crippen molar-refractivity contribution in [2.24, 2.45) is 11.3 Å². The predicted molar refractivity (Wildman–Crippen MR) is 77.8 cm³/mol. The lowest BCUT2D eigenvalue weighted by molar-refractivity contribution is -0.118. The molecule has 3 heterocycles. The number of nitrogens with one attached hydrogen (secondary N) is 2. The van der Waals surface area contributed by atoms with Crippen molar-refractivity contribution in [1.29, 1.82) is 0 Å². The highest BCUT2D eigenvalue weighted by atomic mass is 16.5. The van der Waals surface area contributed by atoms with Crippen molar-refractivity contribution in [3.8, 4) is 0 Å². The summed E-state index contributed by atoms with van der Waals surface area (Å²) in [6.07, 6.45) is 4.85. The lowest BCUT2D eigenvalue weighted by atomic mass is 9.92. The maximum absolute atomic E-state index is 12.4. The second-order valence-electron chi connectivity index (χ2n) is 6.20. The monoisotopic (exact) mass is 286 g/mol. The largest absolute Gasteiger partial charge is 0.336 e. The Kier molecular flexibility index (Phi) is 2.75. The van der Waals surface area contributed by atoms with Gasteiger partial charge in [0.1, 0.15) is 0 Å². The van der Waals surface area contributed by atoms with Crippen molar-refractivity contribution in [1.82, 2.24) is 15.5 Å². The maximum atomic E-state index is 12.4. The van der Waals surface area contributed by atoms with E-state index >= 15 is 0 Å². The van der Waals surface area contributed by atoms with Crippen molar-refractivity contribution in [3.63, 3.8) is 0 Å². The first kappa shape index (κ1) is 12.8. The van der Waals surface area contributed by atoms with Gasteiger partial charge in [-0.2, -0.15) is 0 Å². The number of aromatic nitrogens is 2. The van der Waals surface area contributed by atoms with Crippen molar-refractivity contribution >= 4 is 22.7 Å². The quantitative estimate of drug-likeness (QED) is 0.881. The van der Waals surface area contributed by atoms with E-state index in [0.29, 0.717) is 5.71 Å². The van der Waals surface area contributed by atoms with E-state index < -0.39 is 0 Å². The van der Waals surface area contributed by atoms with Crippen LogP contribution in [0.5, 0.6) is 0 Å². The van der Waals surface area contributed by atoms with E-state index in [9.17, 15) is 4.79 Å². The van der Waals surface area contributed by atoms with Gasteiger partial charge < -0.3 is 15.2 Å². The Balaban J connectivity index is 1.50. The maximum Gasteiger partial charge on any atom is 0.258 e. The molecule has 1 unspecified atom stereocenters. The van der Waals surface area contributed by atoms with Gasteiger partial charge >= 0.3 is 0 Å². The van der Waals surface area contributed by atoms with Gasteiger partial charge in [-0.3, -0.25) is 4.79 Å². The van der Waals surface area contributed by atoms with E-state index in [-0.39, 0.29) is 17.2 Å². The first-order valence-corrected chi connectivity index (χ1v) is 7.42. The Hall–Kier alpha value is -1.95. The van der Waals surface area contributed by atoms with Crippen molar-refractivity contribution in [3.05, 3.63) is 18.0 Å². The third-order valence-electron chi connectivity index (χ3n) is 4.88. The smallest absolute Gasteiger partial charge is 0.258 e. The van der Waals surface area contributed by atoms with Crippen LogP contribution in [0.4, 0.5) is 5.69 Å². The highest BCUT2D eigenvalue weighted by molar-refractivity contribution is 5.96. The minimum Gasteiger partial charge on any atom is -0.336 e. The molecule has 6 heteroatoms. The molecule has 2 aliphatic rings. The molecule has 1 saturated carbocycles. The minimum atomic E-state index is 0.118. The molecule has 110 valence electrons. The van der Waals surface area contributed by atoms with Crippen molar-refractivity contribution in [2.45, 2.75) is 26.2 Å². The predicted octanol–water partition coefficient (Wildman–Crippen LogP) is 1.86. The van der Waals surface area contributed by atoms with Crippen LogP contribution in [0.1, 0.15) is 25.0 Å². The number of amides is 1. The molecular weight excluding hydrogens is 268 g/mol. The topological polar surface area (TPSA) is 80.1 Å². The number of hydrogen-bond donors (Lipinski definition) is 2. The average Bonchev–Trinajstić information content (AvgIpc) is 3.06. The SMILES string of the molecule is Cc1noc2ncc(NC(=O)C3CC34CCNCC4)cc12. The summed E-state index contributed by atoms with van der Waals surface area (Å²) in [6, 6.07) is 1.88. The van der Waals surface area contributed by atoms with E-state index in [2.05, 4.69) is 20.8 Å². The number of hydrogen-bond acceptors (Lipinski definition) is 5. The van der Waals surface area contributed by atoms with Gasteiger partial charge in [0.2, 0.25) is 5.91 Å². The number of fused-ring (bicyclic) bond motifs is 1. The molecule has 0 aromatic carbocycles. The third kappa shape index (κ3) is 2.10. The van der Waals surface area contributed by atoms with Gasteiger partial charge in [0.25, 0.3) is 5.71 Å². The van der Waals surface area contributed by atoms with Crippen LogP contribution in [0.25, 0.3) is 11.1 Å². The fourth-order valence-electron chi connectivity index (χ4n) is 3.44. The number of pyridine rings is 1. The Morgan fingerprint density at radius 2 is 2.29 bits per heavy atom. The molecule has 2 aromatic rings. The van der Waals surface area contributed by atoms with Crippen molar-refractivity contribution in [2.75, 3.05) is 18.4 Å². The zero-order chi connectivity index (χ0) is 14.4. The summed E-state index contributed by atoms with van der Waals surface area (Å²) in [5, 5.41) is 11.1. The van der Waals surface area contributed by atoms with Crippen molar-refractivity contribution < 1.29 is 9.32 Å². The van der Waals surface area contributed by atoms with E-state index in [1.54, 1.807) is 6.20 Å². The van der Waals surface area contributed by atoms with Crippen LogP contribution in [0, 0.1) is 18.3 Å². The molecule has 1 aliphatic heterocycles. The zero-order valence-corrected chi connectivity index (χ0v) is 12.0. The number of anilines is 1. The molecule has 21 heavy (non-hydrogen) atoms. The number of aryl methyl sites for hydroxylation is 1. The fourth-order valence-corrected chi connectivity index (χ4v) is 3.44. The summed E-state index contributed by atoms with van der Waals surface area (Å²) in [7, 11) is 0. The molecule has 0 bridgehead atoms. The molecule has 2 N–H and O–H groups in total. The van der Waals surface area contributed by atoms with E-state index in [1.807, 2.05) is 13.0 Å². The zero-order valence-electron chi connectivity index (χ0n) is 12.0.